The maximum atomic E-state index is 6.11. The van der Waals surface area contributed by atoms with Crippen LogP contribution in [0.5, 0.6) is 5.75 Å². The molecular weight excluding hydrogens is 224 g/mol. The molecular formula is C15H24N2O. The van der Waals surface area contributed by atoms with Gasteiger partial charge in [-0.05, 0) is 37.8 Å². The average Bonchev–Trinajstić information content (AvgIpc) is 2.60. The molecule has 2 N–H and O–H groups in total. The molecule has 0 amide bonds. The van der Waals surface area contributed by atoms with Crippen molar-refractivity contribution in [3.8, 4) is 5.75 Å². The zero-order valence-corrected chi connectivity index (χ0v) is 11.5. The Morgan fingerprint density at radius 3 is 2.39 bits per heavy atom. The molecule has 100 valence electrons. The van der Waals surface area contributed by atoms with Crippen molar-refractivity contribution in [1.29, 1.82) is 0 Å². The molecule has 3 heteroatoms. The smallest absolute Gasteiger partial charge is 0.144 e. The minimum atomic E-state index is 0.340. The third-order valence-electron chi connectivity index (χ3n) is 3.61. The van der Waals surface area contributed by atoms with Crippen LogP contribution in [0.4, 0.5) is 11.4 Å². The Kier molecular flexibility index (Phi) is 4.34. The summed E-state index contributed by atoms with van der Waals surface area (Å²) in [7, 11) is 4.06. The molecule has 3 nitrogen and oxygen atoms in total. The van der Waals surface area contributed by atoms with Crippen LogP contribution in [0, 0.1) is 0 Å². The highest BCUT2D eigenvalue weighted by atomic mass is 16.5. The number of anilines is 2. The van der Waals surface area contributed by atoms with Crippen molar-refractivity contribution >= 4 is 11.4 Å². The van der Waals surface area contributed by atoms with E-state index in [4.69, 9.17) is 10.5 Å². The van der Waals surface area contributed by atoms with Crippen molar-refractivity contribution in [2.75, 3.05) is 24.7 Å². The number of nitrogen functional groups attached to an aromatic ring is 1. The quantitative estimate of drug-likeness (QED) is 0.658. The summed E-state index contributed by atoms with van der Waals surface area (Å²) >= 11 is 0. The summed E-state index contributed by atoms with van der Waals surface area (Å²) in [6.45, 7) is 0. The van der Waals surface area contributed by atoms with E-state index in [0.29, 0.717) is 6.10 Å². The monoisotopic (exact) mass is 248 g/mol. The molecule has 1 aromatic carbocycles. The van der Waals surface area contributed by atoms with Gasteiger partial charge in [-0.1, -0.05) is 12.8 Å². The van der Waals surface area contributed by atoms with E-state index < -0.39 is 0 Å². The summed E-state index contributed by atoms with van der Waals surface area (Å²) in [5.41, 5.74) is 7.88. The summed E-state index contributed by atoms with van der Waals surface area (Å²) in [5.74, 6) is 0.841. The van der Waals surface area contributed by atoms with Crippen LogP contribution in [0.25, 0.3) is 0 Å². The second kappa shape index (κ2) is 5.98. The topological polar surface area (TPSA) is 38.5 Å². The van der Waals surface area contributed by atoms with Crippen LogP contribution in [-0.4, -0.2) is 20.2 Å². The van der Waals surface area contributed by atoms with Crippen LogP contribution in [0.1, 0.15) is 38.5 Å². The molecule has 2 rings (SSSR count). The maximum absolute atomic E-state index is 6.11. The van der Waals surface area contributed by atoms with Crippen LogP contribution in [0.15, 0.2) is 18.2 Å². The first-order valence-corrected chi connectivity index (χ1v) is 6.90. The Labute approximate surface area is 110 Å². The van der Waals surface area contributed by atoms with Crippen LogP contribution < -0.4 is 15.4 Å². The largest absolute Gasteiger partial charge is 0.488 e. The molecule has 1 aliphatic carbocycles. The fraction of sp³-hybridized carbons (Fsp3) is 0.600. The number of benzene rings is 1. The molecule has 0 bridgehead atoms. The molecule has 0 atom stereocenters. The lowest BCUT2D eigenvalue weighted by Gasteiger charge is -2.20. The summed E-state index contributed by atoms with van der Waals surface area (Å²) in [5, 5.41) is 0. The van der Waals surface area contributed by atoms with Gasteiger partial charge in [0.25, 0.3) is 0 Å². The van der Waals surface area contributed by atoms with E-state index in [-0.39, 0.29) is 0 Å². The Morgan fingerprint density at radius 2 is 1.78 bits per heavy atom. The minimum absolute atomic E-state index is 0.340. The molecule has 1 fully saturated rings. The molecule has 0 heterocycles. The van der Waals surface area contributed by atoms with E-state index in [0.717, 1.165) is 30.0 Å². The minimum Gasteiger partial charge on any atom is -0.488 e. The van der Waals surface area contributed by atoms with Crippen LogP contribution in [0.3, 0.4) is 0 Å². The van der Waals surface area contributed by atoms with Crippen molar-refractivity contribution in [3.63, 3.8) is 0 Å². The van der Waals surface area contributed by atoms with Gasteiger partial charge in [-0.2, -0.15) is 0 Å². The third kappa shape index (κ3) is 3.31. The van der Waals surface area contributed by atoms with E-state index in [1.54, 1.807) is 0 Å². The molecule has 18 heavy (non-hydrogen) atoms. The van der Waals surface area contributed by atoms with Gasteiger partial charge in [0.05, 0.1) is 11.8 Å². The van der Waals surface area contributed by atoms with Gasteiger partial charge in [-0.25, -0.2) is 0 Å². The Balaban J connectivity index is 2.09. The zero-order valence-electron chi connectivity index (χ0n) is 11.5. The number of nitrogens with two attached hydrogens (primary N) is 1. The lowest BCUT2D eigenvalue weighted by molar-refractivity contribution is 0.185. The van der Waals surface area contributed by atoms with Crippen LogP contribution in [-0.2, 0) is 0 Å². The normalized spacial score (nSPS) is 17.2. The predicted molar refractivity (Wildman–Crippen MR) is 77.3 cm³/mol. The second-order valence-electron chi connectivity index (χ2n) is 5.35. The molecule has 1 aliphatic rings. The number of ether oxygens (including phenoxy) is 1. The van der Waals surface area contributed by atoms with Crippen molar-refractivity contribution in [2.24, 2.45) is 0 Å². The Morgan fingerprint density at radius 1 is 1.11 bits per heavy atom. The van der Waals surface area contributed by atoms with E-state index in [1.165, 1.54) is 25.7 Å². The molecule has 0 aromatic heterocycles. The van der Waals surface area contributed by atoms with Crippen molar-refractivity contribution in [3.05, 3.63) is 18.2 Å². The Hall–Kier alpha value is -1.38. The van der Waals surface area contributed by atoms with Gasteiger partial charge in [-0.15, -0.1) is 0 Å². The first-order valence-electron chi connectivity index (χ1n) is 6.90. The third-order valence-corrected chi connectivity index (χ3v) is 3.61. The highest BCUT2D eigenvalue weighted by Crippen LogP contribution is 2.30. The fourth-order valence-electron chi connectivity index (χ4n) is 2.44. The number of nitrogens with zero attached hydrogens (tertiary/aromatic N) is 1. The molecule has 1 saturated carbocycles. The van der Waals surface area contributed by atoms with Crippen molar-refractivity contribution < 1.29 is 4.74 Å². The van der Waals surface area contributed by atoms with E-state index >= 15 is 0 Å². The van der Waals surface area contributed by atoms with Gasteiger partial charge in [0, 0.05) is 25.8 Å². The molecule has 0 spiro atoms. The summed E-state index contributed by atoms with van der Waals surface area (Å²) < 4.78 is 6.11. The van der Waals surface area contributed by atoms with Crippen molar-refractivity contribution in [1.82, 2.24) is 0 Å². The Bertz CT molecular complexity index is 382. The fourth-order valence-corrected chi connectivity index (χ4v) is 2.44. The summed E-state index contributed by atoms with van der Waals surface area (Å²) in [6, 6.07) is 6.00. The molecule has 0 saturated heterocycles. The van der Waals surface area contributed by atoms with E-state index in [2.05, 4.69) is 4.90 Å². The first kappa shape index (κ1) is 13.1. The lowest BCUT2D eigenvalue weighted by atomic mass is 10.1. The zero-order chi connectivity index (χ0) is 13.0. The number of hydrogen-bond donors (Lipinski definition) is 1. The highest BCUT2D eigenvalue weighted by Gasteiger charge is 2.15. The second-order valence-corrected chi connectivity index (χ2v) is 5.35. The SMILES string of the molecule is CN(C)c1ccc(N)c(OC2CCCCCC2)c1. The van der Waals surface area contributed by atoms with Crippen LogP contribution >= 0.6 is 0 Å². The summed E-state index contributed by atoms with van der Waals surface area (Å²) in [4.78, 5) is 2.07. The van der Waals surface area contributed by atoms with Crippen molar-refractivity contribution in [2.45, 2.75) is 44.6 Å². The standard InChI is InChI=1S/C15H24N2O/c1-17(2)12-9-10-14(16)15(11-12)18-13-7-5-3-4-6-8-13/h9-11,13H,3-8,16H2,1-2H3. The molecule has 0 aliphatic heterocycles. The van der Waals surface area contributed by atoms with Gasteiger partial charge < -0.3 is 15.4 Å². The molecule has 0 unspecified atom stereocenters. The maximum Gasteiger partial charge on any atom is 0.144 e. The number of hydrogen-bond acceptors (Lipinski definition) is 3. The van der Waals surface area contributed by atoms with Gasteiger partial charge in [0.2, 0.25) is 0 Å². The molecule has 0 radical (unpaired) electrons. The number of rotatable bonds is 3. The van der Waals surface area contributed by atoms with Crippen LogP contribution in [0.2, 0.25) is 0 Å². The predicted octanol–water partition coefficient (Wildman–Crippen LogP) is 3.44. The van der Waals surface area contributed by atoms with E-state index in [9.17, 15) is 0 Å². The van der Waals surface area contributed by atoms with Gasteiger partial charge in [-0.3, -0.25) is 0 Å². The van der Waals surface area contributed by atoms with Gasteiger partial charge in [0.1, 0.15) is 5.75 Å². The molecule has 1 aromatic rings. The lowest BCUT2D eigenvalue weighted by Crippen LogP contribution is -2.16. The van der Waals surface area contributed by atoms with Gasteiger partial charge in [0.15, 0.2) is 0 Å². The first-order chi connectivity index (χ1) is 8.66. The highest BCUT2D eigenvalue weighted by molar-refractivity contribution is 5.61. The average molecular weight is 248 g/mol. The van der Waals surface area contributed by atoms with Gasteiger partial charge >= 0.3 is 0 Å². The summed E-state index contributed by atoms with van der Waals surface area (Å²) in [6.07, 6.45) is 7.89. The van der Waals surface area contributed by atoms with E-state index in [1.807, 2.05) is 32.3 Å².